The molecule has 2 aromatic carbocycles. The molecule has 3 nitrogen and oxygen atoms in total. The van der Waals surface area contributed by atoms with Crippen molar-refractivity contribution in [1.29, 1.82) is 0 Å². The molecule has 0 bridgehead atoms. The van der Waals surface area contributed by atoms with Gasteiger partial charge in [-0.3, -0.25) is 4.79 Å². The van der Waals surface area contributed by atoms with Gasteiger partial charge >= 0.3 is 0 Å². The van der Waals surface area contributed by atoms with Gasteiger partial charge in [-0.1, -0.05) is 57.2 Å². The Labute approximate surface area is 168 Å². The fourth-order valence-corrected chi connectivity index (χ4v) is 4.54. The van der Waals surface area contributed by atoms with Crippen LogP contribution in [-0.2, 0) is 4.79 Å². The number of rotatable bonds is 5. The average Bonchev–Trinajstić information content (AvgIpc) is 3.18. The van der Waals surface area contributed by atoms with E-state index in [9.17, 15) is 4.79 Å². The van der Waals surface area contributed by atoms with E-state index in [1.165, 1.54) is 22.4 Å². The van der Waals surface area contributed by atoms with Crippen molar-refractivity contribution in [2.75, 3.05) is 10.6 Å². The number of carbonyl (C=O) groups is 1. The Kier molecular flexibility index (Phi) is 5.25. The van der Waals surface area contributed by atoms with Crippen molar-refractivity contribution in [3.8, 4) is 0 Å². The number of hydrogen-bond acceptors (Lipinski definition) is 2. The van der Waals surface area contributed by atoms with Crippen LogP contribution in [0.4, 0.5) is 11.4 Å². The summed E-state index contributed by atoms with van der Waals surface area (Å²) in [4.78, 5) is 12.0. The fourth-order valence-electron chi connectivity index (χ4n) is 4.54. The number of allylic oxidation sites excluding steroid dienone is 2. The van der Waals surface area contributed by atoms with Crippen LogP contribution >= 0.6 is 0 Å². The number of amides is 1. The van der Waals surface area contributed by atoms with Crippen LogP contribution in [-0.4, -0.2) is 5.91 Å². The van der Waals surface area contributed by atoms with E-state index in [4.69, 9.17) is 0 Å². The van der Waals surface area contributed by atoms with Crippen LogP contribution < -0.4 is 10.6 Å². The number of carbonyl (C=O) groups excluding carboxylic acids is 1. The van der Waals surface area contributed by atoms with Gasteiger partial charge in [0.2, 0.25) is 5.91 Å². The van der Waals surface area contributed by atoms with Crippen molar-refractivity contribution in [2.24, 2.45) is 5.92 Å². The summed E-state index contributed by atoms with van der Waals surface area (Å²) in [6.45, 7) is 6.49. The van der Waals surface area contributed by atoms with Crippen LogP contribution in [0.2, 0.25) is 0 Å². The first kappa shape index (κ1) is 18.8. The molecule has 3 unspecified atom stereocenters. The SMILES string of the molecule is CCCC(=O)Nc1ccc2c(c1)C1C=CCC1C(c1ccc(C(C)C)cc1)N2. The maximum atomic E-state index is 12.0. The molecule has 1 aliphatic carbocycles. The summed E-state index contributed by atoms with van der Waals surface area (Å²) >= 11 is 0. The summed E-state index contributed by atoms with van der Waals surface area (Å²) in [5.74, 6) is 1.55. The first-order valence-corrected chi connectivity index (χ1v) is 10.5. The average molecular weight is 375 g/mol. The fraction of sp³-hybridized carbons (Fsp3) is 0.400. The Balaban J connectivity index is 1.61. The summed E-state index contributed by atoms with van der Waals surface area (Å²) < 4.78 is 0. The quantitative estimate of drug-likeness (QED) is 0.597. The van der Waals surface area contributed by atoms with Crippen LogP contribution in [0.1, 0.15) is 74.6 Å². The van der Waals surface area contributed by atoms with E-state index in [0.29, 0.717) is 30.2 Å². The van der Waals surface area contributed by atoms with Crippen molar-refractivity contribution in [3.05, 3.63) is 71.3 Å². The predicted molar refractivity (Wildman–Crippen MR) is 117 cm³/mol. The highest BCUT2D eigenvalue weighted by molar-refractivity contribution is 5.91. The van der Waals surface area contributed by atoms with Gasteiger partial charge in [0.25, 0.3) is 0 Å². The third kappa shape index (κ3) is 3.58. The molecule has 4 rings (SSSR count). The van der Waals surface area contributed by atoms with Crippen LogP contribution in [0.15, 0.2) is 54.6 Å². The number of benzene rings is 2. The van der Waals surface area contributed by atoms with Gasteiger partial charge in [-0.05, 0) is 59.6 Å². The van der Waals surface area contributed by atoms with Crippen LogP contribution in [0, 0.1) is 5.92 Å². The van der Waals surface area contributed by atoms with E-state index in [-0.39, 0.29) is 5.91 Å². The number of anilines is 2. The van der Waals surface area contributed by atoms with Crippen LogP contribution in [0.25, 0.3) is 0 Å². The molecule has 1 aliphatic heterocycles. The second-order valence-corrected chi connectivity index (χ2v) is 8.40. The zero-order valence-electron chi connectivity index (χ0n) is 17.0. The molecule has 1 amide bonds. The number of hydrogen-bond donors (Lipinski definition) is 2. The van der Waals surface area contributed by atoms with Gasteiger partial charge in [-0.15, -0.1) is 0 Å². The Morgan fingerprint density at radius 2 is 1.96 bits per heavy atom. The molecule has 0 radical (unpaired) electrons. The summed E-state index contributed by atoms with van der Waals surface area (Å²) in [7, 11) is 0. The molecule has 0 spiro atoms. The first-order chi connectivity index (χ1) is 13.6. The highest BCUT2D eigenvalue weighted by Crippen LogP contribution is 2.50. The maximum absolute atomic E-state index is 12.0. The topological polar surface area (TPSA) is 41.1 Å². The lowest BCUT2D eigenvalue weighted by Crippen LogP contribution is -2.29. The zero-order valence-corrected chi connectivity index (χ0v) is 17.0. The second-order valence-electron chi connectivity index (χ2n) is 8.40. The molecule has 2 aliphatic rings. The van der Waals surface area contributed by atoms with Crippen molar-refractivity contribution < 1.29 is 4.79 Å². The van der Waals surface area contributed by atoms with E-state index in [1.54, 1.807) is 0 Å². The van der Waals surface area contributed by atoms with Crippen molar-refractivity contribution in [3.63, 3.8) is 0 Å². The zero-order chi connectivity index (χ0) is 19.7. The molecular formula is C25H30N2O. The smallest absolute Gasteiger partial charge is 0.224 e. The molecule has 2 aromatic rings. The molecule has 0 fully saturated rings. The first-order valence-electron chi connectivity index (χ1n) is 10.5. The van der Waals surface area contributed by atoms with Crippen molar-refractivity contribution in [2.45, 2.75) is 57.9 Å². The molecule has 3 heteroatoms. The largest absolute Gasteiger partial charge is 0.378 e. The summed E-state index contributed by atoms with van der Waals surface area (Å²) in [6, 6.07) is 15.7. The number of nitrogens with one attached hydrogen (secondary N) is 2. The van der Waals surface area contributed by atoms with Crippen molar-refractivity contribution in [1.82, 2.24) is 0 Å². The van der Waals surface area contributed by atoms with E-state index >= 15 is 0 Å². The summed E-state index contributed by atoms with van der Waals surface area (Å²) in [5, 5.41) is 6.83. The highest BCUT2D eigenvalue weighted by atomic mass is 16.1. The van der Waals surface area contributed by atoms with Gasteiger partial charge in [0.05, 0.1) is 6.04 Å². The van der Waals surface area contributed by atoms with Gasteiger partial charge in [0.1, 0.15) is 0 Å². The van der Waals surface area contributed by atoms with E-state index in [0.717, 1.165) is 18.5 Å². The van der Waals surface area contributed by atoms with E-state index < -0.39 is 0 Å². The monoisotopic (exact) mass is 374 g/mol. The van der Waals surface area contributed by atoms with Gasteiger partial charge < -0.3 is 10.6 Å². The molecule has 0 aromatic heterocycles. The molecule has 0 saturated heterocycles. The van der Waals surface area contributed by atoms with Crippen LogP contribution in [0.5, 0.6) is 0 Å². The Bertz CT molecular complexity index is 882. The lowest BCUT2D eigenvalue weighted by molar-refractivity contribution is -0.116. The minimum atomic E-state index is 0.0906. The minimum Gasteiger partial charge on any atom is -0.378 e. The standard InChI is InChI=1S/C25H30N2O/c1-4-6-24(28)26-19-13-14-23-22(15-19)20-7-5-8-21(20)25(27-23)18-11-9-17(10-12-18)16(2)3/h5,7,9-16,20-21,25,27H,4,6,8H2,1-3H3,(H,26,28). The summed E-state index contributed by atoms with van der Waals surface area (Å²) in [6.07, 6.45) is 7.17. The lowest BCUT2D eigenvalue weighted by Gasteiger charge is -2.38. The van der Waals surface area contributed by atoms with Crippen molar-refractivity contribution >= 4 is 17.3 Å². The molecule has 28 heavy (non-hydrogen) atoms. The third-order valence-corrected chi connectivity index (χ3v) is 6.09. The maximum Gasteiger partial charge on any atom is 0.224 e. The van der Waals surface area contributed by atoms with E-state index in [1.807, 2.05) is 13.0 Å². The Morgan fingerprint density at radius 1 is 1.18 bits per heavy atom. The molecule has 2 N–H and O–H groups in total. The minimum absolute atomic E-state index is 0.0906. The third-order valence-electron chi connectivity index (χ3n) is 6.09. The lowest BCUT2D eigenvalue weighted by atomic mass is 9.76. The van der Waals surface area contributed by atoms with Gasteiger partial charge in [0.15, 0.2) is 0 Å². The Morgan fingerprint density at radius 3 is 2.68 bits per heavy atom. The molecular weight excluding hydrogens is 344 g/mol. The highest BCUT2D eigenvalue weighted by Gasteiger charge is 2.37. The Hall–Kier alpha value is -2.55. The molecule has 0 saturated carbocycles. The second kappa shape index (κ2) is 7.83. The van der Waals surface area contributed by atoms with Crippen LogP contribution in [0.3, 0.4) is 0 Å². The molecule has 146 valence electrons. The van der Waals surface area contributed by atoms with E-state index in [2.05, 4.69) is 73.0 Å². The van der Waals surface area contributed by atoms with Gasteiger partial charge in [0, 0.05) is 23.7 Å². The molecule has 1 heterocycles. The molecule has 3 atom stereocenters. The van der Waals surface area contributed by atoms with Gasteiger partial charge in [-0.2, -0.15) is 0 Å². The summed E-state index contributed by atoms with van der Waals surface area (Å²) in [5.41, 5.74) is 6.11. The predicted octanol–water partition coefficient (Wildman–Crippen LogP) is 6.38. The normalized spacial score (nSPS) is 22.5. The number of fused-ring (bicyclic) bond motifs is 3. The van der Waals surface area contributed by atoms with Gasteiger partial charge in [-0.25, -0.2) is 0 Å².